The Kier molecular flexibility index (Phi) is 4.23. The average molecular weight is 251 g/mol. The molecule has 0 aromatic heterocycles. The number of halogens is 1. The minimum absolute atomic E-state index is 0.150. The zero-order valence-electron chi connectivity index (χ0n) is 11.2. The van der Waals surface area contributed by atoms with Gasteiger partial charge in [-0.05, 0) is 49.8 Å². The largest absolute Gasteiger partial charge is 0.487 e. The van der Waals surface area contributed by atoms with Gasteiger partial charge in [0.15, 0.2) is 11.6 Å². The van der Waals surface area contributed by atoms with Crippen LogP contribution in [0.2, 0.25) is 0 Å². The molecular formula is C15H22FNO. The summed E-state index contributed by atoms with van der Waals surface area (Å²) in [6, 6.07) is 4.87. The summed E-state index contributed by atoms with van der Waals surface area (Å²) in [6.07, 6.45) is 4.63. The van der Waals surface area contributed by atoms with Gasteiger partial charge >= 0.3 is 0 Å². The number of benzene rings is 1. The fourth-order valence-corrected chi connectivity index (χ4v) is 2.56. The molecule has 0 aliphatic heterocycles. The van der Waals surface area contributed by atoms with E-state index in [1.807, 2.05) is 13.0 Å². The summed E-state index contributed by atoms with van der Waals surface area (Å²) >= 11 is 0. The molecule has 0 saturated heterocycles. The fraction of sp³-hybridized carbons (Fsp3) is 0.600. The summed E-state index contributed by atoms with van der Waals surface area (Å²) in [4.78, 5) is 0. The van der Waals surface area contributed by atoms with Crippen molar-refractivity contribution in [1.29, 1.82) is 0 Å². The normalized spacial score (nSPS) is 25.8. The number of nitrogens with two attached hydrogens (primary N) is 1. The van der Waals surface area contributed by atoms with Crippen molar-refractivity contribution >= 4 is 0 Å². The first-order chi connectivity index (χ1) is 8.56. The first-order valence-electron chi connectivity index (χ1n) is 6.78. The maximum absolute atomic E-state index is 13.9. The monoisotopic (exact) mass is 251 g/mol. The molecule has 2 N–H and O–H groups in total. The van der Waals surface area contributed by atoms with Crippen LogP contribution in [0, 0.1) is 11.7 Å². The fourth-order valence-electron chi connectivity index (χ4n) is 2.56. The Morgan fingerprint density at radius 3 is 2.78 bits per heavy atom. The van der Waals surface area contributed by atoms with Crippen molar-refractivity contribution in [2.75, 3.05) is 0 Å². The molecule has 1 saturated carbocycles. The number of rotatable bonds is 3. The van der Waals surface area contributed by atoms with Crippen LogP contribution in [-0.4, -0.2) is 6.10 Å². The van der Waals surface area contributed by atoms with Gasteiger partial charge in [0.2, 0.25) is 0 Å². The standard InChI is InChI=1S/C15H22FNO/c1-10-4-3-5-13(8-10)18-15-7-6-12(11(2)17)9-14(15)16/h6-7,9-11,13H,3-5,8,17H2,1-2H3/t10?,11-,13?/m0/s1. The predicted octanol–water partition coefficient (Wildman–Crippen LogP) is 3.80. The van der Waals surface area contributed by atoms with E-state index in [1.54, 1.807) is 6.07 Å². The second-order valence-corrected chi connectivity index (χ2v) is 5.49. The Balaban J connectivity index is 2.05. The van der Waals surface area contributed by atoms with E-state index in [4.69, 9.17) is 10.5 Å². The lowest BCUT2D eigenvalue weighted by atomic mass is 9.89. The van der Waals surface area contributed by atoms with Gasteiger partial charge in [-0.25, -0.2) is 4.39 Å². The highest BCUT2D eigenvalue weighted by atomic mass is 19.1. The summed E-state index contributed by atoms with van der Waals surface area (Å²) in [5.74, 6) is 0.733. The van der Waals surface area contributed by atoms with Gasteiger partial charge in [-0.15, -0.1) is 0 Å². The summed E-state index contributed by atoms with van der Waals surface area (Å²) in [5.41, 5.74) is 6.53. The van der Waals surface area contributed by atoms with Crippen molar-refractivity contribution in [1.82, 2.24) is 0 Å². The number of hydrogen-bond acceptors (Lipinski definition) is 2. The highest BCUT2D eigenvalue weighted by molar-refractivity contribution is 5.30. The Morgan fingerprint density at radius 1 is 1.39 bits per heavy atom. The zero-order chi connectivity index (χ0) is 13.1. The molecule has 0 radical (unpaired) electrons. The number of ether oxygens (including phenoxy) is 1. The Hall–Kier alpha value is -1.09. The molecule has 1 fully saturated rings. The molecule has 0 amide bonds. The van der Waals surface area contributed by atoms with Crippen molar-refractivity contribution in [3.63, 3.8) is 0 Å². The van der Waals surface area contributed by atoms with Gasteiger partial charge in [0.25, 0.3) is 0 Å². The lowest BCUT2D eigenvalue weighted by Gasteiger charge is -2.27. The van der Waals surface area contributed by atoms with Gasteiger partial charge < -0.3 is 10.5 Å². The van der Waals surface area contributed by atoms with Crippen LogP contribution in [0.15, 0.2) is 18.2 Å². The van der Waals surface area contributed by atoms with E-state index < -0.39 is 0 Å². The first-order valence-corrected chi connectivity index (χ1v) is 6.78. The third-order valence-corrected chi connectivity index (χ3v) is 3.66. The molecule has 1 aromatic carbocycles. The molecule has 2 unspecified atom stereocenters. The second kappa shape index (κ2) is 5.70. The lowest BCUT2D eigenvalue weighted by molar-refractivity contribution is 0.124. The smallest absolute Gasteiger partial charge is 0.165 e. The van der Waals surface area contributed by atoms with Crippen molar-refractivity contribution in [3.05, 3.63) is 29.6 Å². The van der Waals surface area contributed by atoms with E-state index in [-0.39, 0.29) is 18.0 Å². The van der Waals surface area contributed by atoms with Crippen LogP contribution in [0.25, 0.3) is 0 Å². The van der Waals surface area contributed by atoms with Gasteiger partial charge in [0.1, 0.15) is 0 Å². The van der Waals surface area contributed by atoms with Crippen LogP contribution in [0.1, 0.15) is 51.1 Å². The van der Waals surface area contributed by atoms with E-state index in [0.717, 1.165) is 18.4 Å². The van der Waals surface area contributed by atoms with Gasteiger partial charge in [-0.2, -0.15) is 0 Å². The maximum Gasteiger partial charge on any atom is 0.165 e. The third kappa shape index (κ3) is 3.22. The Labute approximate surface area is 108 Å². The van der Waals surface area contributed by atoms with Gasteiger partial charge in [0.05, 0.1) is 6.10 Å². The van der Waals surface area contributed by atoms with Gasteiger partial charge in [0, 0.05) is 6.04 Å². The molecule has 0 heterocycles. The Bertz CT molecular complexity index is 405. The first kappa shape index (κ1) is 13.3. The minimum Gasteiger partial charge on any atom is -0.487 e. The van der Waals surface area contributed by atoms with Crippen molar-refractivity contribution < 1.29 is 9.13 Å². The molecule has 100 valence electrons. The molecule has 3 heteroatoms. The second-order valence-electron chi connectivity index (χ2n) is 5.49. The summed E-state index contributed by atoms with van der Waals surface area (Å²) in [5, 5.41) is 0. The average Bonchev–Trinajstić information content (AvgIpc) is 2.31. The molecular weight excluding hydrogens is 229 g/mol. The molecule has 1 aliphatic carbocycles. The van der Waals surface area contributed by atoms with Gasteiger partial charge in [-0.3, -0.25) is 0 Å². The van der Waals surface area contributed by atoms with Crippen molar-refractivity contribution in [2.45, 2.75) is 51.7 Å². The molecule has 2 rings (SSSR count). The van der Waals surface area contributed by atoms with E-state index in [1.165, 1.54) is 18.9 Å². The molecule has 2 nitrogen and oxygen atoms in total. The molecule has 18 heavy (non-hydrogen) atoms. The topological polar surface area (TPSA) is 35.2 Å². The number of hydrogen-bond donors (Lipinski definition) is 1. The third-order valence-electron chi connectivity index (χ3n) is 3.66. The van der Waals surface area contributed by atoms with Crippen LogP contribution in [0.4, 0.5) is 4.39 Å². The highest BCUT2D eigenvalue weighted by Gasteiger charge is 2.21. The zero-order valence-corrected chi connectivity index (χ0v) is 11.2. The summed E-state index contributed by atoms with van der Waals surface area (Å²) in [6.45, 7) is 4.07. The van der Waals surface area contributed by atoms with Crippen LogP contribution in [0.3, 0.4) is 0 Å². The maximum atomic E-state index is 13.9. The SMILES string of the molecule is CC1CCCC(Oc2ccc([C@H](C)N)cc2F)C1. The molecule has 0 spiro atoms. The van der Waals surface area contributed by atoms with Crippen molar-refractivity contribution in [2.24, 2.45) is 11.7 Å². The van der Waals surface area contributed by atoms with Crippen LogP contribution < -0.4 is 10.5 Å². The van der Waals surface area contributed by atoms with E-state index >= 15 is 0 Å². The van der Waals surface area contributed by atoms with Crippen LogP contribution >= 0.6 is 0 Å². The highest BCUT2D eigenvalue weighted by Crippen LogP contribution is 2.29. The molecule has 1 aliphatic rings. The van der Waals surface area contributed by atoms with E-state index in [9.17, 15) is 4.39 Å². The molecule has 1 aromatic rings. The lowest BCUT2D eigenvalue weighted by Crippen LogP contribution is -2.24. The predicted molar refractivity (Wildman–Crippen MR) is 71.1 cm³/mol. The molecule has 3 atom stereocenters. The van der Waals surface area contributed by atoms with E-state index in [2.05, 4.69) is 6.92 Å². The summed E-state index contributed by atoms with van der Waals surface area (Å²) < 4.78 is 19.7. The van der Waals surface area contributed by atoms with Crippen molar-refractivity contribution in [3.8, 4) is 5.75 Å². The molecule has 0 bridgehead atoms. The van der Waals surface area contributed by atoms with E-state index in [0.29, 0.717) is 11.7 Å². The van der Waals surface area contributed by atoms with Gasteiger partial charge in [-0.1, -0.05) is 19.4 Å². The van der Waals surface area contributed by atoms with Crippen LogP contribution in [0.5, 0.6) is 5.75 Å². The summed E-state index contributed by atoms with van der Waals surface area (Å²) in [7, 11) is 0. The quantitative estimate of drug-likeness (QED) is 0.886. The Morgan fingerprint density at radius 2 is 2.17 bits per heavy atom. The minimum atomic E-state index is -0.303. The van der Waals surface area contributed by atoms with Crippen LogP contribution in [-0.2, 0) is 0 Å².